The summed E-state index contributed by atoms with van der Waals surface area (Å²) in [5.74, 6) is 1.16. The molecule has 0 radical (unpaired) electrons. The number of aromatic nitrogens is 2. The molecule has 0 N–H and O–H groups in total. The number of halogens is 1. The zero-order valence-electron chi connectivity index (χ0n) is 10.9. The average Bonchev–Trinajstić information content (AvgIpc) is 2.37. The number of methoxy groups -OCH3 is 1. The molecule has 0 bridgehead atoms. The van der Waals surface area contributed by atoms with Crippen LogP contribution in [0, 0.1) is 6.92 Å². The lowest BCUT2D eigenvalue weighted by Gasteiger charge is -2.06. The summed E-state index contributed by atoms with van der Waals surface area (Å²) < 4.78 is 10.7. The van der Waals surface area contributed by atoms with Gasteiger partial charge in [0.05, 0.1) is 6.61 Å². The Balaban J connectivity index is 2.06. The second-order valence-electron chi connectivity index (χ2n) is 4.11. The van der Waals surface area contributed by atoms with Crippen molar-refractivity contribution < 1.29 is 9.47 Å². The zero-order chi connectivity index (χ0) is 13.7. The van der Waals surface area contributed by atoms with Crippen molar-refractivity contribution in [3.05, 3.63) is 46.9 Å². The molecule has 0 aliphatic rings. The molecule has 2 rings (SSSR count). The minimum atomic E-state index is 0.187. The third kappa shape index (κ3) is 4.19. The summed E-state index contributed by atoms with van der Waals surface area (Å²) >= 11 is 5.78. The van der Waals surface area contributed by atoms with Gasteiger partial charge < -0.3 is 9.47 Å². The van der Waals surface area contributed by atoms with Gasteiger partial charge in [-0.25, -0.2) is 4.98 Å². The Bertz CT molecular complexity index is 523. The molecule has 19 heavy (non-hydrogen) atoms. The van der Waals surface area contributed by atoms with Crippen LogP contribution in [0.2, 0.25) is 5.28 Å². The van der Waals surface area contributed by atoms with Crippen LogP contribution in [0.3, 0.4) is 0 Å². The van der Waals surface area contributed by atoms with Crippen LogP contribution < -0.4 is 4.74 Å². The maximum atomic E-state index is 5.78. The van der Waals surface area contributed by atoms with E-state index >= 15 is 0 Å². The zero-order valence-corrected chi connectivity index (χ0v) is 11.6. The molecule has 2 aromatic rings. The highest BCUT2D eigenvalue weighted by Gasteiger charge is 2.03. The molecule has 5 heteroatoms. The van der Waals surface area contributed by atoms with E-state index in [0.717, 1.165) is 17.9 Å². The molecule has 0 unspecified atom stereocenters. The van der Waals surface area contributed by atoms with E-state index in [2.05, 4.69) is 9.97 Å². The number of ether oxygens (including phenoxy) is 2. The van der Waals surface area contributed by atoms with E-state index in [4.69, 9.17) is 21.1 Å². The Morgan fingerprint density at radius 3 is 2.53 bits per heavy atom. The second-order valence-corrected chi connectivity index (χ2v) is 4.44. The summed E-state index contributed by atoms with van der Waals surface area (Å²) in [7, 11) is 1.69. The molecule has 100 valence electrons. The largest absolute Gasteiger partial charge is 0.439 e. The van der Waals surface area contributed by atoms with E-state index < -0.39 is 0 Å². The van der Waals surface area contributed by atoms with E-state index in [9.17, 15) is 0 Å². The number of hydrogen-bond donors (Lipinski definition) is 0. The Hall–Kier alpha value is -1.65. The Labute approximate surface area is 117 Å². The standard InChI is InChI=1S/C14H15ClN2O2/c1-10-9-13(17-14(15)16-10)19-12-5-3-11(4-6-12)7-8-18-2/h3-6,9H,7-8H2,1-2H3. The van der Waals surface area contributed by atoms with Gasteiger partial charge in [0.1, 0.15) is 5.75 Å². The molecule has 0 saturated carbocycles. The molecule has 1 heterocycles. The van der Waals surface area contributed by atoms with Crippen LogP contribution in [-0.2, 0) is 11.2 Å². The summed E-state index contributed by atoms with van der Waals surface area (Å²) in [6.45, 7) is 2.55. The van der Waals surface area contributed by atoms with Crippen molar-refractivity contribution in [2.75, 3.05) is 13.7 Å². The monoisotopic (exact) mass is 278 g/mol. The fraction of sp³-hybridized carbons (Fsp3) is 0.286. The third-order valence-corrected chi connectivity index (χ3v) is 2.71. The number of benzene rings is 1. The predicted octanol–water partition coefficient (Wildman–Crippen LogP) is 3.42. The highest BCUT2D eigenvalue weighted by Crippen LogP contribution is 2.21. The quantitative estimate of drug-likeness (QED) is 0.786. The smallest absolute Gasteiger partial charge is 0.225 e. The van der Waals surface area contributed by atoms with Crippen LogP contribution in [0.5, 0.6) is 11.6 Å². The highest BCUT2D eigenvalue weighted by atomic mass is 35.5. The molecule has 0 saturated heterocycles. The van der Waals surface area contributed by atoms with Gasteiger partial charge in [-0.1, -0.05) is 12.1 Å². The number of hydrogen-bond acceptors (Lipinski definition) is 4. The van der Waals surface area contributed by atoms with Crippen LogP contribution >= 0.6 is 11.6 Å². The molecule has 0 aliphatic heterocycles. The third-order valence-electron chi connectivity index (χ3n) is 2.54. The Kier molecular flexibility index (Phi) is 4.71. The van der Waals surface area contributed by atoms with Gasteiger partial charge in [0.15, 0.2) is 0 Å². The van der Waals surface area contributed by atoms with Gasteiger partial charge in [-0.15, -0.1) is 0 Å². The number of rotatable bonds is 5. The van der Waals surface area contributed by atoms with E-state index in [0.29, 0.717) is 12.5 Å². The fourth-order valence-corrected chi connectivity index (χ4v) is 1.84. The van der Waals surface area contributed by atoms with E-state index in [1.165, 1.54) is 5.56 Å². The van der Waals surface area contributed by atoms with Crippen LogP contribution in [-0.4, -0.2) is 23.7 Å². The summed E-state index contributed by atoms with van der Waals surface area (Å²) in [5, 5.41) is 0.187. The molecule has 0 spiro atoms. The minimum Gasteiger partial charge on any atom is -0.439 e. The first-order valence-corrected chi connectivity index (χ1v) is 6.32. The maximum absolute atomic E-state index is 5.78. The summed E-state index contributed by atoms with van der Waals surface area (Å²) in [4.78, 5) is 8.00. The van der Waals surface area contributed by atoms with Gasteiger partial charge in [-0.05, 0) is 42.6 Å². The van der Waals surface area contributed by atoms with Gasteiger partial charge >= 0.3 is 0 Å². The molecule has 0 fully saturated rings. The topological polar surface area (TPSA) is 44.2 Å². The molecule has 1 aromatic heterocycles. The van der Waals surface area contributed by atoms with E-state index in [1.807, 2.05) is 31.2 Å². The molecular formula is C14H15ClN2O2. The lowest BCUT2D eigenvalue weighted by atomic mass is 10.1. The fourth-order valence-electron chi connectivity index (χ4n) is 1.62. The molecule has 0 atom stereocenters. The first kappa shape index (κ1) is 13.8. The number of nitrogens with zero attached hydrogens (tertiary/aromatic N) is 2. The van der Waals surface area contributed by atoms with Crippen molar-refractivity contribution in [2.45, 2.75) is 13.3 Å². The molecule has 4 nitrogen and oxygen atoms in total. The van der Waals surface area contributed by atoms with E-state index in [-0.39, 0.29) is 5.28 Å². The summed E-state index contributed by atoms with van der Waals surface area (Å²) in [6.07, 6.45) is 0.884. The van der Waals surface area contributed by atoms with Crippen molar-refractivity contribution in [3.8, 4) is 11.6 Å². The lowest BCUT2D eigenvalue weighted by Crippen LogP contribution is -1.95. The number of aryl methyl sites for hydroxylation is 1. The minimum absolute atomic E-state index is 0.187. The predicted molar refractivity (Wildman–Crippen MR) is 73.9 cm³/mol. The van der Waals surface area contributed by atoms with Gasteiger partial charge in [0.2, 0.25) is 11.2 Å². The SMILES string of the molecule is COCCc1ccc(Oc2cc(C)nc(Cl)n2)cc1. The summed E-state index contributed by atoms with van der Waals surface area (Å²) in [5.41, 5.74) is 1.97. The van der Waals surface area contributed by atoms with Crippen molar-refractivity contribution in [1.82, 2.24) is 9.97 Å². The van der Waals surface area contributed by atoms with Crippen LogP contribution in [0.15, 0.2) is 30.3 Å². The van der Waals surface area contributed by atoms with Gasteiger partial charge in [-0.2, -0.15) is 4.98 Å². The summed E-state index contributed by atoms with van der Waals surface area (Å²) in [6, 6.07) is 9.55. The van der Waals surface area contributed by atoms with Crippen LogP contribution in [0.25, 0.3) is 0 Å². The lowest BCUT2D eigenvalue weighted by molar-refractivity contribution is 0.202. The van der Waals surface area contributed by atoms with Crippen molar-refractivity contribution in [3.63, 3.8) is 0 Å². The second kappa shape index (κ2) is 6.50. The first-order valence-electron chi connectivity index (χ1n) is 5.94. The molecule has 0 amide bonds. The molecule has 1 aromatic carbocycles. The van der Waals surface area contributed by atoms with Gasteiger partial charge in [0.25, 0.3) is 0 Å². The normalized spacial score (nSPS) is 10.5. The highest BCUT2D eigenvalue weighted by molar-refractivity contribution is 6.28. The van der Waals surface area contributed by atoms with Crippen LogP contribution in [0.4, 0.5) is 0 Å². The average molecular weight is 279 g/mol. The van der Waals surface area contributed by atoms with Crippen molar-refractivity contribution in [1.29, 1.82) is 0 Å². The van der Waals surface area contributed by atoms with Gasteiger partial charge in [0, 0.05) is 18.9 Å². The maximum Gasteiger partial charge on any atom is 0.225 e. The first-order chi connectivity index (χ1) is 9.17. The van der Waals surface area contributed by atoms with E-state index in [1.54, 1.807) is 13.2 Å². The van der Waals surface area contributed by atoms with Crippen molar-refractivity contribution in [2.24, 2.45) is 0 Å². The molecular weight excluding hydrogens is 264 g/mol. The van der Waals surface area contributed by atoms with Gasteiger partial charge in [-0.3, -0.25) is 0 Å². The van der Waals surface area contributed by atoms with Crippen LogP contribution in [0.1, 0.15) is 11.3 Å². The molecule has 0 aliphatic carbocycles. The Morgan fingerprint density at radius 2 is 1.89 bits per heavy atom. The van der Waals surface area contributed by atoms with Crippen molar-refractivity contribution >= 4 is 11.6 Å². The Morgan fingerprint density at radius 1 is 1.16 bits per heavy atom.